The van der Waals surface area contributed by atoms with E-state index in [9.17, 15) is 5.11 Å². The van der Waals surface area contributed by atoms with Crippen molar-refractivity contribution in [3.63, 3.8) is 0 Å². The van der Waals surface area contributed by atoms with Gasteiger partial charge in [0.25, 0.3) is 0 Å². The van der Waals surface area contributed by atoms with Crippen molar-refractivity contribution in [2.45, 2.75) is 6.54 Å². The zero-order chi connectivity index (χ0) is 21.6. The predicted octanol–water partition coefficient (Wildman–Crippen LogP) is 3.87. The number of imidazole rings is 1. The average molecular weight is 438 g/mol. The van der Waals surface area contributed by atoms with Crippen LogP contribution in [0.4, 0.5) is 5.95 Å². The first-order valence-corrected chi connectivity index (χ1v) is 8.89. The zero-order valence-corrected chi connectivity index (χ0v) is 16.6. The molecule has 10 heteroatoms. The van der Waals surface area contributed by atoms with E-state index in [2.05, 4.69) is 10.3 Å². The molecule has 0 spiro atoms. The lowest BCUT2D eigenvalue weighted by molar-refractivity contribution is -0.159. The molecular weight excluding hydrogens is 421 g/mol. The highest BCUT2D eigenvalue weighted by Gasteiger charge is 2.09. The third kappa shape index (κ3) is 6.13. The highest BCUT2D eigenvalue weighted by atomic mass is 35.5. The average Bonchev–Trinajstić information content (AvgIpc) is 3.04. The monoisotopic (exact) mass is 437 g/mol. The molecule has 1 heterocycles. The number of nitrogens with zero attached hydrogens (tertiary/aromatic N) is 2. The molecule has 0 aliphatic rings. The summed E-state index contributed by atoms with van der Waals surface area (Å²) in [6, 6.07) is 12.6. The summed E-state index contributed by atoms with van der Waals surface area (Å²) in [5.74, 6) is -2.74. The Morgan fingerprint density at radius 1 is 1.03 bits per heavy atom. The van der Waals surface area contributed by atoms with Crippen LogP contribution in [-0.4, -0.2) is 36.8 Å². The van der Waals surface area contributed by atoms with Crippen LogP contribution in [0, 0.1) is 0 Å². The second-order valence-electron chi connectivity index (χ2n) is 5.77. The van der Waals surface area contributed by atoms with E-state index in [1.54, 1.807) is 24.4 Å². The lowest BCUT2D eigenvalue weighted by Crippen LogP contribution is -2.09. The molecule has 0 bridgehead atoms. The number of aromatic hydroxyl groups is 1. The minimum atomic E-state index is -1.82. The first-order valence-electron chi connectivity index (χ1n) is 8.14. The van der Waals surface area contributed by atoms with Crippen LogP contribution < -0.4 is 5.32 Å². The van der Waals surface area contributed by atoms with Gasteiger partial charge in [-0.1, -0.05) is 35.3 Å². The number of benzene rings is 2. The molecule has 0 unspecified atom stereocenters. The van der Waals surface area contributed by atoms with Gasteiger partial charge in [-0.05, 0) is 35.9 Å². The highest BCUT2D eigenvalue weighted by molar-refractivity contribution is 6.31. The van der Waals surface area contributed by atoms with Crippen LogP contribution in [0.3, 0.4) is 0 Å². The number of phenolic OH excluding ortho intramolecular Hbond substituents is 1. The largest absolute Gasteiger partial charge is 0.508 e. The summed E-state index contributed by atoms with van der Waals surface area (Å²) in [5.41, 5.74) is 2.72. The maximum atomic E-state index is 9.85. The number of anilines is 1. The smallest absolute Gasteiger partial charge is 0.414 e. The maximum absolute atomic E-state index is 9.85. The first kappa shape index (κ1) is 22.1. The molecular formula is C19H17Cl2N3O5. The Labute approximate surface area is 176 Å². The Bertz CT molecular complexity index is 1010. The number of halogens is 2. The molecule has 0 atom stereocenters. The molecule has 0 saturated carbocycles. The number of carboxylic acids is 2. The van der Waals surface area contributed by atoms with Crippen molar-refractivity contribution in [1.29, 1.82) is 0 Å². The van der Waals surface area contributed by atoms with Crippen molar-refractivity contribution in [2.24, 2.45) is 7.05 Å². The molecule has 0 amide bonds. The van der Waals surface area contributed by atoms with Crippen molar-refractivity contribution >= 4 is 41.1 Å². The van der Waals surface area contributed by atoms with Crippen molar-refractivity contribution in [3.05, 3.63) is 64.3 Å². The first-order chi connectivity index (χ1) is 13.7. The van der Waals surface area contributed by atoms with E-state index in [1.165, 1.54) is 0 Å². The van der Waals surface area contributed by atoms with Gasteiger partial charge < -0.3 is 25.2 Å². The van der Waals surface area contributed by atoms with Gasteiger partial charge in [0.05, 0.1) is 11.9 Å². The van der Waals surface area contributed by atoms with Crippen LogP contribution in [0.2, 0.25) is 10.0 Å². The van der Waals surface area contributed by atoms with Crippen molar-refractivity contribution in [2.75, 3.05) is 5.32 Å². The Hall–Kier alpha value is -3.23. The SMILES string of the molecule is Cn1c(-c2ccc(Cl)cc2)cnc1NCc1cc(Cl)ccc1O.O=C(O)C(=O)O. The fraction of sp³-hybridized carbons (Fsp3) is 0.105. The number of hydrogen-bond acceptors (Lipinski definition) is 5. The number of phenols is 1. The van der Waals surface area contributed by atoms with Gasteiger partial charge in [-0.2, -0.15) is 0 Å². The standard InChI is InChI=1S/C17H15Cl2N3O.C2H2O4/c1-22-15(11-2-4-13(18)5-3-11)10-21-17(22)20-9-12-8-14(19)6-7-16(12)23;3-1(4)2(5)6/h2-8,10,23H,9H2,1H3,(H,20,21);(H,3,4)(H,5,6). The fourth-order valence-electron chi connectivity index (χ4n) is 2.33. The molecule has 3 aromatic rings. The predicted molar refractivity (Wildman–Crippen MR) is 109 cm³/mol. The lowest BCUT2D eigenvalue weighted by atomic mass is 10.2. The van der Waals surface area contributed by atoms with E-state index in [0.29, 0.717) is 28.1 Å². The summed E-state index contributed by atoms with van der Waals surface area (Å²) in [4.78, 5) is 22.6. The second-order valence-corrected chi connectivity index (χ2v) is 6.64. The van der Waals surface area contributed by atoms with Crippen LogP contribution in [0.1, 0.15) is 5.56 Å². The molecule has 0 aliphatic heterocycles. The van der Waals surface area contributed by atoms with Crippen LogP contribution in [0.5, 0.6) is 5.75 Å². The summed E-state index contributed by atoms with van der Waals surface area (Å²) in [6.45, 7) is 0.428. The number of aliphatic carboxylic acids is 2. The highest BCUT2D eigenvalue weighted by Crippen LogP contribution is 2.25. The summed E-state index contributed by atoms with van der Waals surface area (Å²) >= 11 is 11.9. The van der Waals surface area contributed by atoms with Gasteiger partial charge in [0.1, 0.15) is 5.75 Å². The minimum Gasteiger partial charge on any atom is -0.508 e. The number of nitrogens with one attached hydrogen (secondary N) is 1. The van der Waals surface area contributed by atoms with Crippen LogP contribution >= 0.6 is 23.2 Å². The summed E-state index contributed by atoms with van der Waals surface area (Å²) < 4.78 is 1.95. The van der Waals surface area contributed by atoms with Gasteiger partial charge in [0.2, 0.25) is 5.95 Å². The Morgan fingerprint density at radius 2 is 1.62 bits per heavy atom. The van der Waals surface area contributed by atoms with E-state index in [0.717, 1.165) is 11.3 Å². The fourth-order valence-corrected chi connectivity index (χ4v) is 2.65. The van der Waals surface area contributed by atoms with Crippen LogP contribution in [-0.2, 0) is 23.2 Å². The van der Waals surface area contributed by atoms with Crippen molar-refractivity contribution < 1.29 is 24.9 Å². The number of rotatable bonds is 4. The van der Waals surface area contributed by atoms with Crippen LogP contribution in [0.15, 0.2) is 48.7 Å². The lowest BCUT2D eigenvalue weighted by Gasteiger charge is -2.10. The number of hydrogen-bond donors (Lipinski definition) is 4. The van der Waals surface area contributed by atoms with Gasteiger partial charge in [-0.15, -0.1) is 0 Å². The molecule has 1 aromatic heterocycles. The summed E-state index contributed by atoms with van der Waals surface area (Å²) in [5, 5.41) is 29.1. The summed E-state index contributed by atoms with van der Waals surface area (Å²) in [7, 11) is 1.93. The van der Waals surface area contributed by atoms with Crippen molar-refractivity contribution in [3.8, 4) is 17.0 Å². The Kier molecular flexibility index (Phi) is 7.46. The Morgan fingerprint density at radius 3 is 2.21 bits per heavy atom. The van der Waals surface area contributed by atoms with Gasteiger partial charge in [-0.3, -0.25) is 0 Å². The Balaban J connectivity index is 0.000000438. The molecule has 0 radical (unpaired) electrons. The van der Waals surface area contributed by atoms with Gasteiger partial charge >= 0.3 is 11.9 Å². The quantitative estimate of drug-likeness (QED) is 0.456. The minimum absolute atomic E-state index is 0.203. The molecule has 0 aliphatic carbocycles. The van der Waals surface area contributed by atoms with E-state index in [-0.39, 0.29) is 5.75 Å². The maximum Gasteiger partial charge on any atom is 0.414 e. The zero-order valence-electron chi connectivity index (χ0n) is 15.1. The number of carboxylic acid groups (broad SMARTS) is 2. The number of carbonyl (C=O) groups is 2. The molecule has 4 N–H and O–H groups in total. The summed E-state index contributed by atoms with van der Waals surface area (Å²) in [6.07, 6.45) is 1.80. The molecule has 2 aromatic carbocycles. The molecule has 8 nitrogen and oxygen atoms in total. The number of aromatic nitrogens is 2. The van der Waals surface area contributed by atoms with Crippen LogP contribution in [0.25, 0.3) is 11.3 Å². The van der Waals surface area contributed by atoms with Gasteiger partial charge in [0, 0.05) is 29.2 Å². The van der Waals surface area contributed by atoms with E-state index in [4.69, 9.17) is 43.0 Å². The van der Waals surface area contributed by atoms with E-state index >= 15 is 0 Å². The van der Waals surface area contributed by atoms with E-state index < -0.39 is 11.9 Å². The molecule has 0 fully saturated rings. The van der Waals surface area contributed by atoms with Crippen molar-refractivity contribution in [1.82, 2.24) is 9.55 Å². The topological polar surface area (TPSA) is 125 Å². The molecule has 3 rings (SSSR count). The van der Waals surface area contributed by atoms with Gasteiger partial charge in [0.15, 0.2) is 0 Å². The normalized spacial score (nSPS) is 10.0. The molecule has 0 saturated heterocycles. The molecule has 29 heavy (non-hydrogen) atoms. The van der Waals surface area contributed by atoms with Gasteiger partial charge in [-0.25, -0.2) is 14.6 Å². The van der Waals surface area contributed by atoms with E-state index in [1.807, 2.05) is 35.9 Å². The second kappa shape index (κ2) is 9.81. The third-order valence-electron chi connectivity index (χ3n) is 3.79. The third-order valence-corrected chi connectivity index (χ3v) is 4.28. The molecule has 152 valence electrons.